The van der Waals surface area contributed by atoms with E-state index in [0.717, 1.165) is 5.56 Å². The van der Waals surface area contributed by atoms with Crippen molar-refractivity contribution in [2.75, 3.05) is 0 Å². The zero-order valence-corrected chi connectivity index (χ0v) is 18.2. The summed E-state index contributed by atoms with van der Waals surface area (Å²) in [6, 6.07) is 14.5. The summed E-state index contributed by atoms with van der Waals surface area (Å²) in [6.45, 7) is 5.92. The molecule has 0 radical (unpaired) electrons. The van der Waals surface area contributed by atoms with Crippen molar-refractivity contribution in [1.82, 2.24) is 16.0 Å². The van der Waals surface area contributed by atoms with Gasteiger partial charge in [0.2, 0.25) is 11.8 Å². The topological polar surface area (TPSA) is 87.3 Å². The average Bonchev–Trinajstić information content (AvgIpc) is 2.72. The summed E-state index contributed by atoms with van der Waals surface area (Å²) in [7, 11) is 0. The molecule has 0 saturated carbocycles. The molecule has 2 unspecified atom stereocenters. The van der Waals surface area contributed by atoms with Gasteiger partial charge in [-0.15, -0.1) is 0 Å². The Balaban J connectivity index is 1.95. The molecule has 0 aliphatic carbocycles. The Labute approximate surface area is 182 Å². The molecule has 2 aromatic carbocycles. The van der Waals surface area contributed by atoms with Crippen molar-refractivity contribution in [3.8, 4) is 0 Å². The highest BCUT2D eigenvalue weighted by atomic mass is 35.5. The van der Waals surface area contributed by atoms with Crippen molar-refractivity contribution in [2.45, 2.75) is 45.8 Å². The molecule has 0 aliphatic rings. The molecule has 3 N–H and O–H groups in total. The first-order valence-corrected chi connectivity index (χ1v) is 10.3. The van der Waals surface area contributed by atoms with Gasteiger partial charge in [0.15, 0.2) is 0 Å². The van der Waals surface area contributed by atoms with Crippen LogP contribution in [0.25, 0.3) is 0 Å². The van der Waals surface area contributed by atoms with Crippen LogP contribution in [-0.2, 0) is 16.1 Å². The predicted molar refractivity (Wildman–Crippen MR) is 118 cm³/mol. The fourth-order valence-electron chi connectivity index (χ4n) is 2.86. The maximum atomic E-state index is 12.8. The Kier molecular flexibility index (Phi) is 8.87. The fourth-order valence-corrected chi connectivity index (χ4v) is 2.99. The van der Waals surface area contributed by atoms with Gasteiger partial charge in [-0.3, -0.25) is 14.4 Å². The summed E-state index contributed by atoms with van der Waals surface area (Å²) >= 11 is 5.86. The molecular weight excluding hydrogens is 402 g/mol. The minimum Gasteiger partial charge on any atom is -0.350 e. The van der Waals surface area contributed by atoms with Crippen LogP contribution in [0.3, 0.4) is 0 Å². The normalized spacial score (nSPS) is 12.7. The number of hydrogen-bond donors (Lipinski definition) is 3. The molecule has 6 nitrogen and oxygen atoms in total. The van der Waals surface area contributed by atoms with Crippen LogP contribution in [0, 0.1) is 5.92 Å². The van der Waals surface area contributed by atoms with Crippen LogP contribution in [0.15, 0.2) is 54.6 Å². The van der Waals surface area contributed by atoms with Crippen molar-refractivity contribution < 1.29 is 14.4 Å². The van der Waals surface area contributed by atoms with Crippen molar-refractivity contribution in [3.63, 3.8) is 0 Å². The highest BCUT2D eigenvalue weighted by Gasteiger charge is 2.25. The third-order valence-electron chi connectivity index (χ3n) is 4.50. The lowest BCUT2D eigenvalue weighted by molar-refractivity contribution is -0.129. The number of rotatable bonds is 9. The van der Waals surface area contributed by atoms with Crippen LogP contribution in [-0.4, -0.2) is 29.8 Å². The number of halogens is 1. The van der Waals surface area contributed by atoms with E-state index in [1.54, 1.807) is 31.2 Å². The molecule has 3 amide bonds. The fraction of sp³-hybridized carbons (Fsp3) is 0.348. The van der Waals surface area contributed by atoms with Crippen molar-refractivity contribution in [1.29, 1.82) is 0 Å². The Morgan fingerprint density at radius 1 is 0.867 bits per heavy atom. The summed E-state index contributed by atoms with van der Waals surface area (Å²) in [5, 5.41) is 8.79. The molecule has 0 aromatic heterocycles. The van der Waals surface area contributed by atoms with Crippen molar-refractivity contribution in [2.24, 2.45) is 5.92 Å². The molecule has 0 aliphatic heterocycles. The van der Waals surface area contributed by atoms with Gasteiger partial charge in [-0.2, -0.15) is 0 Å². The Hall–Kier alpha value is -2.86. The van der Waals surface area contributed by atoms with E-state index in [0.29, 0.717) is 23.6 Å². The summed E-state index contributed by atoms with van der Waals surface area (Å²) in [4.78, 5) is 37.6. The van der Waals surface area contributed by atoms with Gasteiger partial charge in [-0.1, -0.05) is 55.8 Å². The quantitative estimate of drug-likeness (QED) is 0.571. The Bertz CT molecular complexity index is 854. The van der Waals surface area contributed by atoms with Crippen molar-refractivity contribution in [3.05, 3.63) is 70.7 Å². The molecule has 0 fully saturated rings. The molecule has 160 valence electrons. The van der Waals surface area contributed by atoms with Crippen LogP contribution >= 0.6 is 11.6 Å². The van der Waals surface area contributed by atoms with Gasteiger partial charge >= 0.3 is 0 Å². The SMILES string of the molecule is CC(C)CC(NC(=O)c1ccc(Cl)cc1)C(=O)NC(C)C(=O)NCc1ccccc1. The first-order valence-electron chi connectivity index (χ1n) is 9.94. The van der Waals surface area contributed by atoms with Crippen LogP contribution in [0.4, 0.5) is 0 Å². The molecule has 2 aromatic rings. The summed E-state index contributed by atoms with van der Waals surface area (Å²) < 4.78 is 0. The second-order valence-corrected chi connectivity index (χ2v) is 8.03. The second-order valence-electron chi connectivity index (χ2n) is 7.60. The minimum absolute atomic E-state index is 0.175. The van der Waals surface area contributed by atoms with E-state index in [1.807, 2.05) is 44.2 Å². The number of benzene rings is 2. The summed E-state index contributed by atoms with van der Waals surface area (Å²) in [6.07, 6.45) is 0.448. The number of nitrogens with one attached hydrogen (secondary N) is 3. The van der Waals surface area contributed by atoms with Gasteiger partial charge in [0.05, 0.1) is 0 Å². The Morgan fingerprint density at radius 3 is 2.10 bits per heavy atom. The summed E-state index contributed by atoms with van der Waals surface area (Å²) in [5.41, 5.74) is 1.38. The lowest BCUT2D eigenvalue weighted by Crippen LogP contribution is -2.53. The molecule has 0 bridgehead atoms. The molecule has 2 rings (SSSR count). The monoisotopic (exact) mass is 429 g/mol. The number of hydrogen-bond acceptors (Lipinski definition) is 3. The zero-order valence-electron chi connectivity index (χ0n) is 17.4. The first kappa shape index (κ1) is 23.4. The molecule has 2 atom stereocenters. The van der Waals surface area contributed by atoms with Gasteiger partial charge in [-0.25, -0.2) is 0 Å². The Morgan fingerprint density at radius 2 is 1.50 bits per heavy atom. The summed E-state index contributed by atoms with van der Waals surface area (Å²) in [5.74, 6) is -0.880. The molecule has 7 heteroatoms. The van der Waals surface area contributed by atoms with Gasteiger partial charge in [0, 0.05) is 17.1 Å². The highest BCUT2D eigenvalue weighted by Crippen LogP contribution is 2.11. The molecule has 30 heavy (non-hydrogen) atoms. The molecule has 0 spiro atoms. The van der Waals surface area contributed by atoms with Gasteiger partial charge in [-0.05, 0) is 49.1 Å². The van der Waals surface area contributed by atoms with Crippen molar-refractivity contribution >= 4 is 29.3 Å². The first-order chi connectivity index (χ1) is 14.3. The lowest BCUT2D eigenvalue weighted by Gasteiger charge is -2.22. The van der Waals surface area contributed by atoms with E-state index in [2.05, 4.69) is 16.0 Å². The van der Waals surface area contributed by atoms with E-state index in [9.17, 15) is 14.4 Å². The zero-order chi connectivity index (χ0) is 22.1. The van der Waals surface area contributed by atoms with Gasteiger partial charge in [0.25, 0.3) is 5.91 Å². The number of amides is 3. The third kappa shape index (κ3) is 7.52. The largest absolute Gasteiger partial charge is 0.350 e. The van der Waals surface area contributed by atoms with E-state index in [1.165, 1.54) is 0 Å². The maximum absolute atomic E-state index is 12.8. The number of carbonyl (C=O) groups excluding carboxylic acids is 3. The van der Waals surface area contributed by atoms with Crippen LogP contribution in [0.1, 0.15) is 43.1 Å². The van der Waals surface area contributed by atoms with Gasteiger partial charge < -0.3 is 16.0 Å². The smallest absolute Gasteiger partial charge is 0.251 e. The number of carbonyl (C=O) groups is 3. The highest BCUT2D eigenvalue weighted by molar-refractivity contribution is 6.30. The standard InChI is InChI=1S/C23H28ClN3O3/c1-15(2)13-20(27-22(29)18-9-11-19(24)12-10-18)23(30)26-16(3)21(28)25-14-17-7-5-4-6-8-17/h4-12,15-16,20H,13-14H2,1-3H3,(H,25,28)(H,26,30)(H,27,29). The molecule has 0 heterocycles. The maximum Gasteiger partial charge on any atom is 0.251 e. The lowest BCUT2D eigenvalue weighted by atomic mass is 10.0. The molecule has 0 saturated heterocycles. The minimum atomic E-state index is -0.752. The van der Waals surface area contributed by atoms with E-state index in [4.69, 9.17) is 11.6 Å². The average molecular weight is 430 g/mol. The molecular formula is C23H28ClN3O3. The second kappa shape index (κ2) is 11.4. The van der Waals surface area contributed by atoms with Crippen LogP contribution < -0.4 is 16.0 Å². The van der Waals surface area contributed by atoms with E-state index in [-0.39, 0.29) is 17.7 Å². The van der Waals surface area contributed by atoms with E-state index < -0.39 is 18.0 Å². The third-order valence-corrected chi connectivity index (χ3v) is 4.75. The predicted octanol–water partition coefficient (Wildman–Crippen LogP) is 3.31. The van der Waals surface area contributed by atoms with Gasteiger partial charge in [0.1, 0.15) is 12.1 Å². The van der Waals surface area contributed by atoms with Crippen LogP contribution in [0.2, 0.25) is 5.02 Å². The van der Waals surface area contributed by atoms with Crippen LogP contribution in [0.5, 0.6) is 0 Å². The van der Waals surface area contributed by atoms with E-state index >= 15 is 0 Å².